The summed E-state index contributed by atoms with van der Waals surface area (Å²) in [6, 6.07) is 1.72. The van der Waals surface area contributed by atoms with Gasteiger partial charge in [-0.1, -0.05) is 0 Å². The van der Waals surface area contributed by atoms with Crippen LogP contribution in [-0.2, 0) is 14.3 Å². The van der Waals surface area contributed by atoms with Crippen LogP contribution in [0.5, 0.6) is 0 Å². The van der Waals surface area contributed by atoms with Gasteiger partial charge < -0.3 is 20.5 Å². The lowest BCUT2D eigenvalue weighted by atomic mass is 10.3. The van der Waals surface area contributed by atoms with Crippen molar-refractivity contribution in [3.05, 3.63) is 11.8 Å². The van der Waals surface area contributed by atoms with Crippen LogP contribution in [0, 0.1) is 11.3 Å². The highest BCUT2D eigenvalue weighted by Crippen LogP contribution is 1.95. The first-order chi connectivity index (χ1) is 9.63. The van der Waals surface area contributed by atoms with Crippen molar-refractivity contribution in [2.45, 2.75) is 0 Å². The Morgan fingerprint density at radius 2 is 2.10 bits per heavy atom. The van der Waals surface area contributed by atoms with E-state index in [2.05, 4.69) is 15.5 Å². The molecule has 1 saturated heterocycles. The molecule has 0 radical (unpaired) electrons. The second kappa shape index (κ2) is 8.90. The Morgan fingerprint density at radius 1 is 1.40 bits per heavy atom. The number of morpholine rings is 1. The number of carboxylic acid groups (broad SMARTS) is 1. The van der Waals surface area contributed by atoms with Gasteiger partial charge in [0.2, 0.25) is 0 Å². The molecular weight excluding hydrogens is 264 g/mol. The minimum atomic E-state index is -1.06. The summed E-state index contributed by atoms with van der Waals surface area (Å²) in [5, 5.41) is 22.3. The third-order valence-corrected chi connectivity index (χ3v) is 2.68. The van der Waals surface area contributed by atoms with Gasteiger partial charge in [0.15, 0.2) is 0 Å². The van der Waals surface area contributed by atoms with Crippen LogP contribution < -0.4 is 10.6 Å². The van der Waals surface area contributed by atoms with E-state index < -0.39 is 11.9 Å². The van der Waals surface area contributed by atoms with Crippen molar-refractivity contribution in [3.63, 3.8) is 0 Å². The van der Waals surface area contributed by atoms with Gasteiger partial charge in [0, 0.05) is 32.4 Å². The van der Waals surface area contributed by atoms with Gasteiger partial charge in [-0.25, -0.2) is 0 Å². The quantitative estimate of drug-likeness (QED) is 0.385. The molecule has 1 amide bonds. The summed E-state index contributed by atoms with van der Waals surface area (Å²) in [6.45, 7) is 3.82. The maximum Gasteiger partial charge on any atom is 0.322 e. The van der Waals surface area contributed by atoms with Crippen LogP contribution in [0.2, 0.25) is 0 Å². The van der Waals surface area contributed by atoms with Crippen molar-refractivity contribution < 1.29 is 19.4 Å². The molecule has 1 fully saturated rings. The van der Waals surface area contributed by atoms with E-state index in [1.165, 1.54) is 0 Å². The third-order valence-electron chi connectivity index (χ3n) is 2.68. The minimum Gasteiger partial charge on any atom is -0.480 e. The number of amides is 1. The summed E-state index contributed by atoms with van der Waals surface area (Å²) in [5.41, 5.74) is -0.145. The first kappa shape index (κ1) is 15.9. The zero-order chi connectivity index (χ0) is 14.8. The summed E-state index contributed by atoms with van der Waals surface area (Å²) in [4.78, 5) is 24.1. The lowest BCUT2D eigenvalue weighted by Crippen LogP contribution is -2.41. The number of nitrogens with zero attached hydrogens (tertiary/aromatic N) is 2. The normalized spacial score (nSPS) is 16.2. The first-order valence-electron chi connectivity index (χ1n) is 6.27. The highest BCUT2D eigenvalue weighted by Gasteiger charge is 2.12. The van der Waals surface area contributed by atoms with Crippen molar-refractivity contribution in [2.24, 2.45) is 0 Å². The molecule has 1 aliphatic rings. The van der Waals surface area contributed by atoms with Gasteiger partial charge in [-0.2, -0.15) is 5.26 Å². The molecule has 1 heterocycles. The number of carboxylic acids is 1. The molecule has 3 N–H and O–H groups in total. The molecule has 1 aliphatic heterocycles. The van der Waals surface area contributed by atoms with E-state index in [1.807, 2.05) is 0 Å². The van der Waals surface area contributed by atoms with Crippen LogP contribution in [0.3, 0.4) is 0 Å². The topological polar surface area (TPSA) is 115 Å². The number of hydrogen-bond donors (Lipinski definition) is 3. The van der Waals surface area contributed by atoms with Crippen molar-refractivity contribution >= 4 is 11.9 Å². The van der Waals surface area contributed by atoms with Crippen LogP contribution in [0.4, 0.5) is 0 Å². The number of nitriles is 1. The Bertz CT molecular complexity index is 410. The Kier molecular flexibility index (Phi) is 7.10. The summed E-state index contributed by atoms with van der Waals surface area (Å²) < 4.78 is 5.21. The highest BCUT2D eigenvalue weighted by molar-refractivity contribution is 5.97. The smallest absolute Gasteiger partial charge is 0.322 e. The van der Waals surface area contributed by atoms with Crippen molar-refractivity contribution in [2.75, 3.05) is 45.9 Å². The monoisotopic (exact) mass is 282 g/mol. The zero-order valence-electron chi connectivity index (χ0n) is 11.1. The molecule has 0 aromatic rings. The molecule has 1 rings (SSSR count). The summed E-state index contributed by atoms with van der Waals surface area (Å²) in [6.07, 6.45) is 1.11. The maximum atomic E-state index is 11.7. The fourth-order valence-electron chi connectivity index (χ4n) is 1.64. The number of carbonyl (C=O) groups is 2. The predicted molar refractivity (Wildman–Crippen MR) is 69.6 cm³/mol. The van der Waals surface area contributed by atoms with E-state index in [0.717, 1.165) is 19.3 Å². The average molecular weight is 282 g/mol. The van der Waals surface area contributed by atoms with E-state index in [-0.39, 0.29) is 12.1 Å². The van der Waals surface area contributed by atoms with Gasteiger partial charge in [-0.3, -0.25) is 14.5 Å². The van der Waals surface area contributed by atoms with E-state index >= 15 is 0 Å². The van der Waals surface area contributed by atoms with Crippen LogP contribution in [0.1, 0.15) is 0 Å². The molecule has 20 heavy (non-hydrogen) atoms. The molecule has 0 saturated carbocycles. The number of ether oxygens (including phenoxy) is 1. The lowest BCUT2D eigenvalue weighted by Gasteiger charge is -2.26. The minimum absolute atomic E-state index is 0.145. The number of aliphatic carboxylic acids is 1. The molecule has 8 heteroatoms. The van der Waals surface area contributed by atoms with E-state index in [9.17, 15) is 9.59 Å². The highest BCUT2D eigenvalue weighted by atomic mass is 16.5. The summed E-state index contributed by atoms with van der Waals surface area (Å²) in [7, 11) is 0. The van der Waals surface area contributed by atoms with Gasteiger partial charge in [0.25, 0.3) is 5.91 Å². The molecule has 0 aliphatic carbocycles. The number of rotatable bonds is 7. The lowest BCUT2D eigenvalue weighted by molar-refractivity contribution is -0.135. The molecule has 0 bridgehead atoms. The van der Waals surface area contributed by atoms with Crippen LogP contribution in [0.15, 0.2) is 11.8 Å². The van der Waals surface area contributed by atoms with Crippen molar-refractivity contribution in [3.8, 4) is 6.07 Å². The fraction of sp³-hybridized carbons (Fsp3) is 0.583. The van der Waals surface area contributed by atoms with Crippen LogP contribution in [0.25, 0.3) is 0 Å². The van der Waals surface area contributed by atoms with Gasteiger partial charge in [-0.05, 0) is 0 Å². The third kappa shape index (κ3) is 6.17. The van der Waals surface area contributed by atoms with Gasteiger partial charge >= 0.3 is 5.97 Å². The second-order valence-corrected chi connectivity index (χ2v) is 4.15. The number of carbonyl (C=O) groups excluding carboxylic acids is 1. The first-order valence-corrected chi connectivity index (χ1v) is 6.27. The number of hydrogen-bond acceptors (Lipinski definition) is 6. The standard InChI is InChI=1S/C12H18N4O4/c13-7-10(8-14-9-11(17)18)12(19)15-1-2-16-3-5-20-6-4-16/h8,14H,1-6,9H2,(H,15,19)(H,17,18)/b10-8-. The molecule has 0 aromatic heterocycles. The van der Waals surface area contributed by atoms with Gasteiger partial charge in [0.05, 0.1) is 13.2 Å². The molecule has 0 unspecified atom stereocenters. The average Bonchev–Trinajstić information content (AvgIpc) is 2.44. The maximum absolute atomic E-state index is 11.7. The predicted octanol–water partition coefficient (Wildman–Crippen LogP) is -1.48. The van der Waals surface area contributed by atoms with Crippen molar-refractivity contribution in [1.82, 2.24) is 15.5 Å². The zero-order valence-corrected chi connectivity index (χ0v) is 11.1. The molecule has 110 valence electrons. The Morgan fingerprint density at radius 3 is 2.70 bits per heavy atom. The summed E-state index contributed by atoms with van der Waals surface area (Å²) >= 11 is 0. The molecule has 8 nitrogen and oxygen atoms in total. The van der Waals surface area contributed by atoms with Crippen LogP contribution >= 0.6 is 0 Å². The van der Waals surface area contributed by atoms with Crippen LogP contribution in [-0.4, -0.2) is 67.8 Å². The van der Waals surface area contributed by atoms with E-state index in [4.69, 9.17) is 15.1 Å². The van der Waals surface area contributed by atoms with Gasteiger partial charge in [0.1, 0.15) is 18.2 Å². The SMILES string of the molecule is N#C/C(=C/NCC(=O)O)C(=O)NCCN1CCOCC1. The molecule has 0 atom stereocenters. The van der Waals surface area contributed by atoms with Crippen molar-refractivity contribution in [1.29, 1.82) is 5.26 Å². The number of nitrogens with one attached hydrogen (secondary N) is 2. The Hall–Kier alpha value is -2.11. The molecular formula is C12H18N4O4. The molecule has 0 aromatic carbocycles. The Labute approximate surface area is 117 Å². The van der Waals surface area contributed by atoms with E-state index in [1.54, 1.807) is 6.07 Å². The summed E-state index contributed by atoms with van der Waals surface area (Å²) in [5.74, 6) is -1.58. The largest absolute Gasteiger partial charge is 0.480 e. The fourth-order valence-corrected chi connectivity index (χ4v) is 1.64. The Balaban J connectivity index is 2.28. The molecule has 0 spiro atoms. The van der Waals surface area contributed by atoms with E-state index in [0.29, 0.717) is 26.3 Å². The van der Waals surface area contributed by atoms with Gasteiger partial charge in [-0.15, -0.1) is 0 Å². The second-order valence-electron chi connectivity index (χ2n) is 4.15.